The number of nitriles is 1. The van der Waals surface area contributed by atoms with Gasteiger partial charge in [0.1, 0.15) is 12.7 Å². The molecule has 1 amide bonds. The third-order valence-corrected chi connectivity index (χ3v) is 4.15. The molecule has 1 fully saturated rings. The topological polar surface area (TPSA) is 78.2 Å². The van der Waals surface area contributed by atoms with Crippen LogP contribution < -0.4 is 10.2 Å². The standard InChI is InChI=1S/C18H19FN4O2/c1-12-10-23(11-16(25-12)18(24)22-8-6-19)15-5-4-13(9-20)17-14(15)3-2-7-21-17/h2-5,7,12,16H,6,8,10-11H2,1H3,(H,22,24)/t12-,16-/m1/s1. The van der Waals surface area contributed by atoms with E-state index in [2.05, 4.69) is 21.3 Å². The molecule has 0 bridgehead atoms. The smallest absolute Gasteiger partial charge is 0.251 e. The first-order valence-corrected chi connectivity index (χ1v) is 8.16. The Kier molecular flexibility index (Phi) is 5.10. The van der Waals surface area contributed by atoms with Crippen LogP contribution in [0.2, 0.25) is 0 Å². The van der Waals surface area contributed by atoms with Crippen molar-refractivity contribution in [3.8, 4) is 6.07 Å². The van der Waals surface area contributed by atoms with Crippen LogP contribution in [0.4, 0.5) is 10.1 Å². The number of pyridine rings is 1. The SMILES string of the molecule is C[C@@H]1CN(c2ccc(C#N)c3ncccc23)C[C@H](C(=O)NCCF)O1. The fourth-order valence-corrected chi connectivity index (χ4v) is 3.10. The quantitative estimate of drug-likeness (QED) is 0.916. The molecule has 2 heterocycles. The van der Waals surface area contributed by atoms with Crippen LogP contribution in [0.1, 0.15) is 12.5 Å². The van der Waals surface area contributed by atoms with Crippen molar-refractivity contribution in [2.75, 3.05) is 31.2 Å². The van der Waals surface area contributed by atoms with Crippen LogP contribution in [0.15, 0.2) is 30.5 Å². The van der Waals surface area contributed by atoms with E-state index in [1.54, 1.807) is 12.3 Å². The molecular formula is C18H19FN4O2. The first-order chi connectivity index (χ1) is 12.1. The molecule has 130 valence electrons. The number of carbonyl (C=O) groups is 1. The molecule has 0 saturated carbocycles. The third kappa shape index (κ3) is 3.54. The predicted molar refractivity (Wildman–Crippen MR) is 92.0 cm³/mol. The second kappa shape index (κ2) is 7.45. The van der Waals surface area contributed by atoms with Gasteiger partial charge in [-0.2, -0.15) is 5.26 Å². The van der Waals surface area contributed by atoms with Gasteiger partial charge in [-0.15, -0.1) is 0 Å². The molecule has 2 aromatic rings. The molecule has 25 heavy (non-hydrogen) atoms. The van der Waals surface area contributed by atoms with E-state index in [4.69, 9.17) is 4.74 Å². The van der Waals surface area contributed by atoms with Crippen LogP contribution in [0.3, 0.4) is 0 Å². The summed E-state index contributed by atoms with van der Waals surface area (Å²) in [5.74, 6) is -0.315. The maximum Gasteiger partial charge on any atom is 0.251 e. The Morgan fingerprint density at radius 1 is 1.48 bits per heavy atom. The molecule has 1 aromatic carbocycles. The second-order valence-corrected chi connectivity index (χ2v) is 5.96. The number of halogens is 1. The highest BCUT2D eigenvalue weighted by atomic mass is 19.1. The van der Waals surface area contributed by atoms with Crippen LogP contribution in [-0.4, -0.2) is 49.4 Å². The number of anilines is 1. The van der Waals surface area contributed by atoms with E-state index in [-0.39, 0.29) is 18.6 Å². The van der Waals surface area contributed by atoms with Gasteiger partial charge in [-0.3, -0.25) is 9.78 Å². The van der Waals surface area contributed by atoms with Gasteiger partial charge in [0.25, 0.3) is 5.91 Å². The predicted octanol–water partition coefficient (Wildman–Crippen LogP) is 1.79. The van der Waals surface area contributed by atoms with Gasteiger partial charge in [-0.25, -0.2) is 4.39 Å². The van der Waals surface area contributed by atoms with E-state index < -0.39 is 12.8 Å². The van der Waals surface area contributed by atoms with Gasteiger partial charge in [-0.1, -0.05) is 0 Å². The van der Waals surface area contributed by atoms with Crippen molar-refractivity contribution >= 4 is 22.5 Å². The van der Waals surface area contributed by atoms with E-state index in [0.717, 1.165) is 11.1 Å². The number of alkyl halides is 1. The van der Waals surface area contributed by atoms with Crippen molar-refractivity contribution in [2.24, 2.45) is 0 Å². The van der Waals surface area contributed by atoms with Gasteiger partial charge in [0.15, 0.2) is 6.10 Å². The maximum absolute atomic E-state index is 12.3. The summed E-state index contributed by atoms with van der Waals surface area (Å²) in [5, 5.41) is 12.7. The lowest BCUT2D eigenvalue weighted by Gasteiger charge is -2.38. The Morgan fingerprint density at radius 2 is 2.32 bits per heavy atom. The number of fused-ring (bicyclic) bond motifs is 1. The highest BCUT2D eigenvalue weighted by Crippen LogP contribution is 2.30. The summed E-state index contributed by atoms with van der Waals surface area (Å²) >= 11 is 0. The van der Waals surface area contributed by atoms with Crippen LogP contribution in [-0.2, 0) is 9.53 Å². The molecule has 6 nitrogen and oxygen atoms in total. The van der Waals surface area contributed by atoms with Crippen LogP contribution in [0.5, 0.6) is 0 Å². The van der Waals surface area contributed by atoms with Crippen molar-refractivity contribution in [1.29, 1.82) is 5.26 Å². The fraction of sp³-hybridized carbons (Fsp3) is 0.389. The lowest BCUT2D eigenvalue weighted by molar-refractivity contribution is -0.137. The summed E-state index contributed by atoms with van der Waals surface area (Å²) in [6.07, 6.45) is 0.831. The van der Waals surface area contributed by atoms with E-state index >= 15 is 0 Å². The molecule has 1 aliphatic rings. The minimum absolute atomic E-state index is 0.0171. The molecule has 0 unspecified atom stereocenters. The zero-order valence-electron chi connectivity index (χ0n) is 13.9. The minimum Gasteiger partial charge on any atom is -0.365 e. The Bertz CT molecular complexity index is 820. The molecular weight excluding hydrogens is 323 g/mol. The van der Waals surface area contributed by atoms with E-state index in [9.17, 15) is 14.4 Å². The molecule has 0 spiro atoms. The highest BCUT2D eigenvalue weighted by molar-refractivity contribution is 5.95. The Morgan fingerprint density at radius 3 is 3.08 bits per heavy atom. The number of carbonyl (C=O) groups excluding carboxylic acids is 1. The summed E-state index contributed by atoms with van der Waals surface area (Å²) < 4.78 is 18.0. The van der Waals surface area contributed by atoms with Gasteiger partial charge in [0.05, 0.1) is 23.7 Å². The molecule has 1 N–H and O–H groups in total. The van der Waals surface area contributed by atoms with Gasteiger partial charge in [-0.05, 0) is 31.2 Å². The van der Waals surface area contributed by atoms with Gasteiger partial charge < -0.3 is 15.0 Å². The van der Waals surface area contributed by atoms with Crippen LogP contribution >= 0.6 is 0 Å². The zero-order chi connectivity index (χ0) is 17.8. The van der Waals surface area contributed by atoms with E-state index in [1.165, 1.54) is 0 Å². The van der Waals surface area contributed by atoms with E-state index in [1.807, 2.05) is 25.1 Å². The summed E-state index contributed by atoms with van der Waals surface area (Å²) in [5.41, 5.74) is 2.05. The monoisotopic (exact) mass is 342 g/mol. The highest BCUT2D eigenvalue weighted by Gasteiger charge is 2.31. The number of nitrogens with zero attached hydrogens (tertiary/aromatic N) is 3. The number of hydrogen-bond donors (Lipinski definition) is 1. The first kappa shape index (κ1) is 17.1. The molecule has 1 saturated heterocycles. The average molecular weight is 342 g/mol. The molecule has 1 aromatic heterocycles. The Balaban J connectivity index is 1.92. The van der Waals surface area contributed by atoms with Gasteiger partial charge in [0, 0.05) is 30.4 Å². The summed E-state index contributed by atoms with van der Waals surface area (Å²) in [6, 6.07) is 9.50. The van der Waals surface area contributed by atoms with E-state index in [0.29, 0.717) is 24.2 Å². The van der Waals surface area contributed by atoms with Crippen molar-refractivity contribution in [3.63, 3.8) is 0 Å². The molecule has 7 heteroatoms. The van der Waals surface area contributed by atoms with Gasteiger partial charge in [0.2, 0.25) is 0 Å². The number of aromatic nitrogens is 1. The lowest BCUT2D eigenvalue weighted by atomic mass is 10.1. The van der Waals surface area contributed by atoms with Gasteiger partial charge >= 0.3 is 0 Å². The number of ether oxygens (including phenoxy) is 1. The fourth-order valence-electron chi connectivity index (χ4n) is 3.10. The molecule has 0 aliphatic carbocycles. The number of hydrogen-bond acceptors (Lipinski definition) is 5. The summed E-state index contributed by atoms with van der Waals surface area (Å²) in [6.45, 7) is 2.24. The zero-order valence-corrected chi connectivity index (χ0v) is 13.9. The summed E-state index contributed by atoms with van der Waals surface area (Å²) in [4.78, 5) is 18.5. The number of nitrogens with one attached hydrogen (secondary N) is 1. The number of rotatable bonds is 4. The second-order valence-electron chi connectivity index (χ2n) is 5.96. The molecule has 0 radical (unpaired) electrons. The number of amides is 1. The largest absolute Gasteiger partial charge is 0.365 e. The normalized spacial score (nSPS) is 20.3. The van der Waals surface area contributed by atoms with Crippen molar-refractivity contribution in [1.82, 2.24) is 10.3 Å². The Labute approximate surface area is 145 Å². The van der Waals surface area contributed by atoms with Crippen molar-refractivity contribution in [3.05, 3.63) is 36.0 Å². The van der Waals surface area contributed by atoms with Crippen molar-refractivity contribution in [2.45, 2.75) is 19.1 Å². The first-order valence-electron chi connectivity index (χ1n) is 8.16. The van der Waals surface area contributed by atoms with Crippen molar-refractivity contribution < 1.29 is 13.9 Å². The molecule has 3 rings (SSSR count). The number of benzene rings is 1. The minimum atomic E-state index is -0.669. The average Bonchev–Trinajstić information content (AvgIpc) is 2.64. The molecule has 2 atom stereocenters. The Hall–Kier alpha value is -2.72. The van der Waals surface area contributed by atoms with Crippen LogP contribution in [0, 0.1) is 11.3 Å². The number of morpholine rings is 1. The maximum atomic E-state index is 12.3. The molecule has 1 aliphatic heterocycles. The lowest BCUT2D eigenvalue weighted by Crippen LogP contribution is -2.53. The third-order valence-electron chi connectivity index (χ3n) is 4.15. The summed E-state index contributed by atoms with van der Waals surface area (Å²) in [7, 11) is 0. The van der Waals surface area contributed by atoms with Crippen LogP contribution in [0.25, 0.3) is 10.9 Å².